The number of nitrogens with two attached hydrogens (primary N) is 1. The second kappa shape index (κ2) is 8.92. The summed E-state index contributed by atoms with van der Waals surface area (Å²) in [6.07, 6.45) is 0.504. The number of carbonyl (C=O) groups is 4. The summed E-state index contributed by atoms with van der Waals surface area (Å²) in [5, 5.41) is 35.2. The minimum Gasteiger partial charge on any atom is -0.511 e. The fraction of sp³-hybridized carbons (Fsp3) is 0.286. The van der Waals surface area contributed by atoms with Crippen LogP contribution < -0.4 is 11.1 Å². The van der Waals surface area contributed by atoms with Crippen molar-refractivity contribution in [2.75, 3.05) is 5.32 Å². The van der Waals surface area contributed by atoms with Crippen LogP contribution in [0.5, 0.6) is 5.75 Å². The van der Waals surface area contributed by atoms with Crippen LogP contribution in [-0.2, 0) is 32.0 Å². The Kier molecular flexibility index (Phi) is 5.86. The molecule has 2 amide bonds. The fourth-order valence-electron chi connectivity index (χ4n) is 5.84. The summed E-state index contributed by atoms with van der Waals surface area (Å²) in [5.74, 6) is -6.22. The third-order valence-electron chi connectivity index (χ3n) is 7.53. The first kappa shape index (κ1) is 24.3. The lowest BCUT2D eigenvalue weighted by molar-refractivity contribution is -0.127. The van der Waals surface area contributed by atoms with E-state index in [1.165, 1.54) is 6.07 Å². The van der Waals surface area contributed by atoms with Crippen molar-refractivity contribution in [3.8, 4) is 5.75 Å². The number of aryl methyl sites for hydroxylation is 1. The number of aromatic hydroxyl groups is 1. The average Bonchev–Trinajstić information content (AvgIpc) is 2.81. The number of primary amides is 1. The summed E-state index contributed by atoms with van der Waals surface area (Å²) in [4.78, 5) is 50.4. The number of rotatable bonds is 4. The van der Waals surface area contributed by atoms with Gasteiger partial charge in [-0.2, -0.15) is 0 Å². The summed E-state index contributed by atoms with van der Waals surface area (Å²) in [7, 11) is 0. The number of anilines is 1. The van der Waals surface area contributed by atoms with E-state index in [9.17, 15) is 34.5 Å². The van der Waals surface area contributed by atoms with Gasteiger partial charge in [-0.3, -0.25) is 19.2 Å². The largest absolute Gasteiger partial charge is 0.511 e. The number of amides is 2. The molecule has 2 aromatic carbocycles. The van der Waals surface area contributed by atoms with Crippen molar-refractivity contribution in [1.29, 1.82) is 0 Å². The molecule has 1 unspecified atom stereocenters. The Morgan fingerprint density at radius 2 is 1.73 bits per heavy atom. The number of fused-ring (bicyclic) bond motifs is 3. The van der Waals surface area contributed by atoms with E-state index in [1.54, 1.807) is 6.07 Å². The maximum absolute atomic E-state index is 13.5. The fourth-order valence-corrected chi connectivity index (χ4v) is 5.84. The van der Waals surface area contributed by atoms with Crippen molar-refractivity contribution in [3.05, 3.63) is 75.6 Å². The maximum atomic E-state index is 13.5. The number of allylic oxidation sites excluding steroid dienone is 2. The molecule has 190 valence electrons. The molecule has 0 radical (unpaired) electrons. The molecule has 0 aliphatic heterocycles. The molecule has 37 heavy (non-hydrogen) atoms. The molecular formula is C28H26N2O7. The molecule has 2 aromatic rings. The van der Waals surface area contributed by atoms with Gasteiger partial charge in [-0.15, -0.1) is 0 Å². The number of hydrogen-bond donors (Lipinski definition) is 5. The number of Topliss-reactive ketones (excluding diaryl/α,β-unsaturated/α-hetero) is 2. The highest BCUT2D eigenvalue weighted by Crippen LogP contribution is 2.51. The maximum Gasteiger partial charge on any atom is 0.255 e. The van der Waals surface area contributed by atoms with Gasteiger partial charge in [-0.1, -0.05) is 29.8 Å². The molecule has 3 aliphatic carbocycles. The number of phenols is 1. The van der Waals surface area contributed by atoms with Crippen LogP contribution >= 0.6 is 0 Å². The summed E-state index contributed by atoms with van der Waals surface area (Å²) in [5.41, 5.74) is 7.53. The predicted molar refractivity (Wildman–Crippen MR) is 133 cm³/mol. The Morgan fingerprint density at radius 3 is 2.41 bits per heavy atom. The second-order valence-electron chi connectivity index (χ2n) is 9.95. The van der Waals surface area contributed by atoms with Gasteiger partial charge in [0.15, 0.2) is 11.6 Å². The zero-order chi connectivity index (χ0) is 26.6. The molecule has 3 atom stereocenters. The molecule has 0 aromatic heterocycles. The Morgan fingerprint density at radius 1 is 1.03 bits per heavy atom. The zero-order valence-electron chi connectivity index (χ0n) is 20.1. The van der Waals surface area contributed by atoms with Crippen molar-refractivity contribution in [3.63, 3.8) is 0 Å². The molecule has 9 heteroatoms. The lowest BCUT2D eigenvalue weighted by atomic mass is 9.61. The molecule has 0 spiro atoms. The van der Waals surface area contributed by atoms with Crippen LogP contribution in [0.1, 0.15) is 35.1 Å². The number of nitrogens with one attached hydrogen (secondary N) is 1. The minimum absolute atomic E-state index is 0.0249. The molecule has 0 bridgehead atoms. The monoisotopic (exact) mass is 502 g/mol. The van der Waals surface area contributed by atoms with E-state index in [1.807, 2.05) is 31.2 Å². The lowest BCUT2D eigenvalue weighted by Gasteiger charge is -2.41. The number of aliphatic hydroxyl groups excluding tert-OH is 2. The molecule has 0 heterocycles. The first-order valence-corrected chi connectivity index (χ1v) is 12.0. The molecule has 1 saturated carbocycles. The van der Waals surface area contributed by atoms with Gasteiger partial charge in [0, 0.05) is 17.7 Å². The number of carbonyl (C=O) groups excluding carboxylic acids is 4. The average molecular weight is 503 g/mol. The molecule has 5 rings (SSSR count). The first-order chi connectivity index (χ1) is 17.6. The van der Waals surface area contributed by atoms with Crippen molar-refractivity contribution >= 4 is 34.8 Å². The third kappa shape index (κ3) is 4.06. The topological polar surface area (TPSA) is 167 Å². The van der Waals surface area contributed by atoms with Gasteiger partial charge < -0.3 is 26.4 Å². The highest BCUT2D eigenvalue weighted by molar-refractivity contribution is 6.21. The summed E-state index contributed by atoms with van der Waals surface area (Å²) < 4.78 is 0. The Labute approximate surface area is 212 Å². The van der Waals surface area contributed by atoms with Gasteiger partial charge in [-0.05, 0) is 54.9 Å². The van der Waals surface area contributed by atoms with Crippen LogP contribution in [0.3, 0.4) is 0 Å². The zero-order valence-corrected chi connectivity index (χ0v) is 20.1. The van der Waals surface area contributed by atoms with Crippen LogP contribution in [0, 0.1) is 24.7 Å². The van der Waals surface area contributed by atoms with Crippen molar-refractivity contribution in [2.45, 2.75) is 32.6 Å². The molecule has 6 N–H and O–H groups in total. The Bertz CT molecular complexity index is 1440. The van der Waals surface area contributed by atoms with E-state index in [-0.39, 0.29) is 48.5 Å². The molecule has 3 aliphatic rings. The first-order valence-electron chi connectivity index (χ1n) is 12.0. The molecule has 9 nitrogen and oxygen atoms in total. The van der Waals surface area contributed by atoms with Crippen LogP contribution in [0.2, 0.25) is 0 Å². The van der Waals surface area contributed by atoms with Crippen molar-refractivity contribution < 1.29 is 34.5 Å². The smallest absolute Gasteiger partial charge is 0.255 e. The minimum atomic E-state index is -1.17. The summed E-state index contributed by atoms with van der Waals surface area (Å²) in [6, 6.07) is 10.4. The van der Waals surface area contributed by atoms with E-state index < -0.39 is 52.3 Å². The van der Waals surface area contributed by atoms with Gasteiger partial charge in [0.05, 0.1) is 17.9 Å². The Hall–Kier alpha value is -4.40. The SMILES string of the molecule is Cc1ccc(CC(=O)Nc2ccc(O)c3c2C[C@H]2C[C@H]4CC(=O)C(C(N)=O)=C(O)C4C(=O)C2=C3O)cc1. The quantitative estimate of drug-likeness (QED) is 0.316. The normalized spacial score (nSPS) is 22.8. The van der Waals surface area contributed by atoms with Gasteiger partial charge in [0.2, 0.25) is 5.91 Å². The van der Waals surface area contributed by atoms with E-state index in [2.05, 4.69) is 5.32 Å². The molecule has 1 fully saturated rings. The van der Waals surface area contributed by atoms with Gasteiger partial charge >= 0.3 is 0 Å². The van der Waals surface area contributed by atoms with Crippen molar-refractivity contribution in [2.24, 2.45) is 23.5 Å². The van der Waals surface area contributed by atoms with Crippen LogP contribution in [0.4, 0.5) is 5.69 Å². The Balaban J connectivity index is 1.50. The van der Waals surface area contributed by atoms with E-state index in [0.717, 1.165) is 11.1 Å². The van der Waals surface area contributed by atoms with E-state index in [0.29, 0.717) is 11.3 Å². The standard InChI is InChI=1S/C28H26N2O7/c1-12-2-4-13(5-3-12)8-20(33)30-17-6-7-18(31)23-16(17)10-14-9-15-11-19(32)24(28(29)37)27(36)22(15)25(34)21(14)26(23)35/h2-7,14-15,22,31,35-36H,8-11H2,1H3,(H2,29,37)(H,30,33)/t14-,15+,22?/m1/s1. The highest BCUT2D eigenvalue weighted by Gasteiger charge is 2.51. The lowest BCUT2D eigenvalue weighted by Crippen LogP contribution is -2.44. The van der Waals surface area contributed by atoms with Gasteiger partial charge in [0.25, 0.3) is 5.91 Å². The van der Waals surface area contributed by atoms with E-state index >= 15 is 0 Å². The van der Waals surface area contributed by atoms with Crippen LogP contribution in [0.15, 0.2) is 53.3 Å². The molecular weight excluding hydrogens is 476 g/mol. The van der Waals surface area contributed by atoms with E-state index in [4.69, 9.17) is 5.73 Å². The van der Waals surface area contributed by atoms with Crippen molar-refractivity contribution in [1.82, 2.24) is 0 Å². The third-order valence-corrected chi connectivity index (χ3v) is 7.53. The number of benzene rings is 2. The number of hydrogen-bond acceptors (Lipinski definition) is 7. The summed E-state index contributed by atoms with van der Waals surface area (Å²) in [6.45, 7) is 1.95. The predicted octanol–water partition coefficient (Wildman–Crippen LogP) is 2.80. The number of phenolic OH excluding ortho intramolecular Hbond substituents is 1. The van der Waals surface area contributed by atoms with Gasteiger partial charge in [0.1, 0.15) is 22.8 Å². The molecule has 0 saturated heterocycles. The van der Waals surface area contributed by atoms with Crippen LogP contribution in [-0.4, -0.2) is 38.7 Å². The highest BCUT2D eigenvalue weighted by atomic mass is 16.3. The number of ketones is 2. The van der Waals surface area contributed by atoms with Crippen LogP contribution in [0.25, 0.3) is 5.76 Å². The van der Waals surface area contributed by atoms with Gasteiger partial charge in [-0.25, -0.2) is 0 Å². The summed E-state index contributed by atoms with van der Waals surface area (Å²) >= 11 is 0. The second-order valence-corrected chi connectivity index (χ2v) is 9.95. The number of aliphatic hydroxyl groups is 2.